The second-order valence-electron chi connectivity index (χ2n) is 8.46. The zero-order valence-corrected chi connectivity index (χ0v) is 20.6. The first-order chi connectivity index (χ1) is 15.4. The maximum atomic E-state index is 12.7. The fraction of sp³-hybridized carbons (Fsp3) is 0.500. The fourth-order valence-electron chi connectivity index (χ4n) is 3.97. The van der Waals surface area contributed by atoms with E-state index in [4.69, 9.17) is 14.7 Å². The second kappa shape index (κ2) is 8.72. The van der Waals surface area contributed by atoms with E-state index < -0.39 is 5.97 Å². The van der Waals surface area contributed by atoms with Crippen LogP contribution in [0.5, 0.6) is 0 Å². The number of hydrogen-bond donors (Lipinski definition) is 1. The lowest BCUT2D eigenvalue weighted by Gasteiger charge is -2.18. The molecule has 32 heavy (non-hydrogen) atoms. The first kappa shape index (κ1) is 21.8. The number of nitrogens with one attached hydrogen (secondary N) is 1. The van der Waals surface area contributed by atoms with Gasteiger partial charge >= 0.3 is 5.97 Å². The monoisotopic (exact) mass is 488 g/mol. The molecule has 10 heteroatoms. The number of anilines is 1. The first-order valence-corrected chi connectivity index (χ1v) is 13.3. The van der Waals surface area contributed by atoms with Gasteiger partial charge in [0, 0.05) is 16.2 Å². The summed E-state index contributed by atoms with van der Waals surface area (Å²) in [5.74, 6) is 1.69. The number of carbonyl (C=O) groups is 2. The lowest BCUT2D eigenvalue weighted by atomic mass is 9.89. The van der Waals surface area contributed by atoms with Crippen LogP contribution in [0.3, 0.4) is 0 Å². The maximum Gasteiger partial charge on any atom is 0.350 e. The maximum absolute atomic E-state index is 12.7. The van der Waals surface area contributed by atoms with E-state index in [1.54, 1.807) is 18.3 Å². The molecule has 0 radical (unpaired) electrons. The van der Waals surface area contributed by atoms with Crippen molar-refractivity contribution in [3.63, 3.8) is 0 Å². The molecule has 0 saturated heterocycles. The van der Waals surface area contributed by atoms with E-state index in [-0.39, 0.29) is 11.7 Å². The summed E-state index contributed by atoms with van der Waals surface area (Å²) >= 11 is 4.40. The third-order valence-electron chi connectivity index (χ3n) is 5.84. The van der Waals surface area contributed by atoms with Gasteiger partial charge in [-0.05, 0) is 50.5 Å². The number of thiazole rings is 1. The number of thioether (sulfide) groups is 1. The molecule has 0 aliphatic heterocycles. The highest BCUT2D eigenvalue weighted by molar-refractivity contribution is 8.00. The van der Waals surface area contributed by atoms with Crippen molar-refractivity contribution in [3.05, 3.63) is 26.8 Å². The van der Waals surface area contributed by atoms with Gasteiger partial charge in [0.05, 0.1) is 18.6 Å². The molecular weight excluding hydrogens is 464 g/mol. The molecule has 0 spiro atoms. The van der Waals surface area contributed by atoms with Crippen molar-refractivity contribution >= 4 is 61.7 Å². The van der Waals surface area contributed by atoms with Gasteiger partial charge in [0.15, 0.2) is 5.13 Å². The van der Waals surface area contributed by atoms with Crippen molar-refractivity contribution in [1.82, 2.24) is 15.0 Å². The summed E-state index contributed by atoms with van der Waals surface area (Å²) in [5.41, 5.74) is 1.93. The third kappa shape index (κ3) is 4.27. The Labute approximate surface area is 198 Å². The predicted octanol–water partition coefficient (Wildman–Crippen LogP) is 4.98. The number of rotatable bonds is 6. The Morgan fingerprint density at radius 1 is 1.19 bits per heavy atom. The van der Waals surface area contributed by atoms with Crippen LogP contribution in [0.4, 0.5) is 5.13 Å². The molecule has 0 bridgehead atoms. The van der Waals surface area contributed by atoms with Crippen LogP contribution in [-0.2, 0) is 22.4 Å². The summed E-state index contributed by atoms with van der Waals surface area (Å²) < 4.78 is 4.76. The highest BCUT2D eigenvalue weighted by Gasteiger charge is 2.30. The van der Waals surface area contributed by atoms with Gasteiger partial charge in [0.1, 0.15) is 20.6 Å². The van der Waals surface area contributed by atoms with Gasteiger partial charge in [-0.25, -0.2) is 19.7 Å². The van der Waals surface area contributed by atoms with Gasteiger partial charge < -0.3 is 10.1 Å². The number of amides is 1. The molecule has 3 aromatic rings. The lowest BCUT2D eigenvalue weighted by molar-refractivity contribution is -0.113. The van der Waals surface area contributed by atoms with Gasteiger partial charge in [0.25, 0.3) is 0 Å². The Morgan fingerprint density at radius 3 is 2.75 bits per heavy atom. The topological polar surface area (TPSA) is 94.1 Å². The van der Waals surface area contributed by atoms with Crippen LogP contribution >= 0.6 is 34.4 Å². The number of carbonyl (C=O) groups excluding carboxylic acids is 2. The van der Waals surface area contributed by atoms with E-state index in [2.05, 4.69) is 17.2 Å². The molecule has 7 nitrogen and oxygen atoms in total. The van der Waals surface area contributed by atoms with Crippen molar-refractivity contribution in [3.8, 4) is 0 Å². The van der Waals surface area contributed by atoms with Crippen LogP contribution < -0.4 is 5.32 Å². The molecule has 2 aliphatic carbocycles. The molecular formula is C22H24N4O3S3. The van der Waals surface area contributed by atoms with Crippen LogP contribution in [0.2, 0.25) is 0 Å². The van der Waals surface area contributed by atoms with E-state index >= 15 is 0 Å². The summed E-state index contributed by atoms with van der Waals surface area (Å²) in [6.07, 6.45) is 5.62. The molecule has 1 unspecified atom stereocenters. The molecule has 168 valence electrons. The number of nitrogens with zero attached hydrogens (tertiary/aromatic N) is 3. The normalized spacial score (nSPS) is 17.9. The molecule has 0 aromatic carbocycles. The Balaban J connectivity index is 1.37. The number of ether oxygens (including phenoxy) is 1. The fourth-order valence-corrected chi connectivity index (χ4v) is 7.19. The molecule has 1 amide bonds. The van der Waals surface area contributed by atoms with Crippen molar-refractivity contribution in [2.75, 3.05) is 18.2 Å². The molecule has 3 heterocycles. The largest absolute Gasteiger partial charge is 0.465 e. The number of aromatic nitrogens is 3. The summed E-state index contributed by atoms with van der Waals surface area (Å²) in [4.78, 5) is 41.4. The number of esters is 1. The molecule has 3 aromatic heterocycles. The van der Waals surface area contributed by atoms with E-state index in [1.165, 1.54) is 35.7 Å². The van der Waals surface area contributed by atoms with Crippen LogP contribution in [0.1, 0.15) is 63.7 Å². The summed E-state index contributed by atoms with van der Waals surface area (Å²) in [6.45, 7) is 4.03. The van der Waals surface area contributed by atoms with Crippen LogP contribution in [0.15, 0.2) is 5.03 Å². The minimum absolute atomic E-state index is 0.169. The van der Waals surface area contributed by atoms with E-state index in [0.717, 1.165) is 58.1 Å². The summed E-state index contributed by atoms with van der Waals surface area (Å²) in [5, 5.41) is 5.29. The predicted molar refractivity (Wildman–Crippen MR) is 128 cm³/mol. The van der Waals surface area contributed by atoms with Crippen molar-refractivity contribution in [2.24, 2.45) is 5.92 Å². The SMILES string of the molecule is COC(=O)c1sc(NC(=O)CSc2nc(C3CC3)nc3sc4c(c23)CCC(C)C4)nc1C. The molecule has 2 aliphatic rings. The standard InChI is InChI=1S/C22H24N4O3S3/c1-10-4-7-13-14(8-10)31-20-16(13)19(25-18(26-20)12-5-6-12)30-9-15(27)24-22-23-11(2)17(32-22)21(28)29-3/h10,12H,4-9H2,1-3H3,(H,23,24,27). The van der Waals surface area contributed by atoms with Crippen molar-refractivity contribution in [1.29, 1.82) is 0 Å². The minimum atomic E-state index is -0.442. The number of fused-ring (bicyclic) bond motifs is 3. The van der Waals surface area contributed by atoms with E-state index in [9.17, 15) is 9.59 Å². The van der Waals surface area contributed by atoms with Gasteiger partial charge in [0.2, 0.25) is 5.91 Å². The third-order valence-corrected chi connectivity index (χ3v) is 9.01. The summed E-state index contributed by atoms with van der Waals surface area (Å²) in [6, 6.07) is 0. The smallest absolute Gasteiger partial charge is 0.350 e. The van der Waals surface area contributed by atoms with E-state index in [1.807, 2.05) is 0 Å². The quantitative estimate of drug-likeness (QED) is 0.297. The van der Waals surface area contributed by atoms with Crippen molar-refractivity contribution in [2.45, 2.75) is 56.9 Å². The van der Waals surface area contributed by atoms with Gasteiger partial charge in [-0.1, -0.05) is 30.0 Å². The Hall–Kier alpha value is -2.04. The molecule has 1 fully saturated rings. The number of aryl methyl sites for hydroxylation is 2. The zero-order chi connectivity index (χ0) is 22.4. The molecule has 5 rings (SSSR count). The van der Waals surface area contributed by atoms with E-state index in [0.29, 0.717) is 27.5 Å². The minimum Gasteiger partial charge on any atom is -0.465 e. The van der Waals surface area contributed by atoms with Crippen LogP contribution in [0, 0.1) is 12.8 Å². The number of methoxy groups -OCH3 is 1. The molecule has 1 saturated carbocycles. The highest BCUT2D eigenvalue weighted by atomic mass is 32.2. The molecule has 1 atom stereocenters. The highest BCUT2D eigenvalue weighted by Crippen LogP contribution is 2.44. The van der Waals surface area contributed by atoms with Gasteiger partial charge in [-0.2, -0.15) is 0 Å². The van der Waals surface area contributed by atoms with Crippen LogP contribution in [0.25, 0.3) is 10.2 Å². The van der Waals surface area contributed by atoms with Crippen LogP contribution in [-0.4, -0.2) is 39.7 Å². The van der Waals surface area contributed by atoms with Gasteiger partial charge in [-0.15, -0.1) is 11.3 Å². The molecule has 1 N–H and O–H groups in total. The Morgan fingerprint density at radius 2 is 2.00 bits per heavy atom. The Bertz CT molecular complexity index is 1210. The average Bonchev–Trinajstić information content (AvgIpc) is 3.47. The van der Waals surface area contributed by atoms with Gasteiger partial charge in [-0.3, -0.25) is 4.79 Å². The summed E-state index contributed by atoms with van der Waals surface area (Å²) in [7, 11) is 1.33. The number of hydrogen-bond acceptors (Lipinski definition) is 9. The lowest BCUT2D eigenvalue weighted by Crippen LogP contribution is -2.14. The van der Waals surface area contributed by atoms with Crippen molar-refractivity contribution < 1.29 is 14.3 Å². The zero-order valence-electron chi connectivity index (χ0n) is 18.2. The Kier molecular flexibility index (Phi) is 5.94. The second-order valence-corrected chi connectivity index (χ2v) is 11.5. The first-order valence-electron chi connectivity index (χ1n) is 10.7. The average molecular weight is 489 g/mol. The number of thiophene rings is 1.